The molecule has 30 heavy (non-hydrogen) atoms. The standard InChI is InChI=1S/C21H28N6O3/c1-24(2)18-5-3-17(4-6-18)16-22-23-20-15-19(7-8-21(20)27(29)30)26-11-9-25(10-12-26)13-14-28/h3-8,15-16,23,28H,9-14H2,1-2H3/p+1/b22-16-. The number of nitro benzene ring substituents is 1. The molecule has 3 N–H and O–H groups in total. The van der Waals surface area contributed by atoms with E-state index < -0.39 is 4.92 Å². The molecule has 1 fully saturated rings. The summed E-state index contributed by atoms with van der Waals surface area (Å²) < 4.78 is 0. The Morgan fingerprint density at radius 1 is 1.23 bits per heavy atom. The molecule has 2 aromatic rings. The maximum Gasteiger partial charge on any atom is 0.294 e. The van der Waals surface area contributed by atoms with Gasteiger partial charge < -0.3 is 19.8 Å². The molecule has 0 aromatic heterocycles. The summed E-state index contributed by atoms with van der Waals surface area (Å²) in [6, 6.07) is 12.9. The van der Waals surface area contributed by atoms with Crippen LogP contribution >= 0.6 is 0 Å². The largest absolute Gasteiger partial charge is 0.391 e. The third-order valence-corrected chi connectivity index (χ3v) is 5.29. The summed E-state index contributed by atoms with van der Waals surface area (Å²) in [5.41, 5.74) is 6.11. The number of nitrogens with zero attached hydrogens (tertiary/aromatic N) is 4. The van der Waals surface area contributed by atoms with Crippen LogP contribution in [0.2, 0.25) is 0 Å². The first-order valence-corrected chi connectivity index (χ1v) is 10.0. The van der Waals surface area contributed by atoms with Crippen LogP contribution in [0.3, 0.4) is 0 Å². The molecule has 1 saturated heterocycles. The Kier molecular flexibility index (Phi) is 7.21. The van der Waals surface area contributed by atoms with E-state index in [-0.39, 0.29) is 12.3 Å². The first-order valence-electron chi connectivity index (χ1n) is 10.0. The number of aliphatic hydroxyl groups excluding tert-OH is 1. The van der Waals surface area contributed by atoms with Crippen LogP contribution in [0.5, 0.6) is 0 Å². The predicted octanol–water partition coefficient (Wildman–Crippen LogP) is 0.804. The zero-order chi connectivity index (χ0) is 21.5. The van der Waals surface area contributed by atoms with E-state index in [9.17, 15) is 10.1 Å². The molecule has 9 nitrogen and oxygen atoms in total. The van der Waals surface area contributed by atoms with Crippen molar-refractivity contribution in [3.05, 3.63) is 58.1 Å². The van der Waals surface area contributed by atoms with Gasteiger partial charge in [0.1, 0.15) is 12.2 Å². The van der Waals surface area contributed by atoms with Gasteiger partial charge in [0.05, 0.1) is 43.9 Å². The average Bonchev–Trinajstić information content (AvgIpc) is 2.74. The number of piperazine rings is 1. The molecule has 0 aliphatic carbocycles. The summed E-state index contributed by atoms with van der Waals surface area (Å²) in [5, 5.41) is 24.7. The number of quaternary nitrogens is 1. The van der Waals surface area contributed by atoms with E-state index in [1.165, 1.54) is 11.0 Å². The van der Waals surface area contributed by atoms with Gasteiger partial charge in [-0.25, -0.2) is 0 Å². The van der Waals surface area contributed by atoms with Gasteiger partial charge in [-0.2, -0.15) is 5.10 Å². The zero-order valence-electron chi connectivity index (χ0n) is 17.4. The van der Waals surface area contributed by atoms with E-state index in [2.05, 4.69) is 15.4 Å². The SMILES string of the molecule is CN(C)c1ccc(/C=N\Nc2cc(N3CC[NH+](CCO)CC3)ccc2[N+](=O)[O-])cc1. The number of hydrazone groups is 1. The summed E-state index contributed by atoms with van der Waals surface area (Å²) in [4.78, 5) is 16.6. The van der Waals surface area contributed by atoms with E-state index in [1.54, 1.807) is 18.3 Å². The fourth-order valence-electron chi connectivity index (χ4n) is 3.49. The van der Waals surface area contributed by atoms with Gasteiger partial charge in [0, 0.05) is 31.5 Å². The Bertz CT molecular complexity index is 877. The second-order valence-electron chi connectivity index (χ2n) is 7.53. The van der Waals surface area contributed by atoms with Crippen molar-refractivity contribution >= 4 is 29.0 Å². The normalized spacial score (nSPS) is 14.8. The molecule has 0 amide bonds. The van der Waals surface area contributed by atoms with Crippen molar-refractivity contribution < 1.29 is 14.9 Å². The highest BCUT2D eigenvalue weighted by Gasteiger charge is 2.22. The predicted molar refractivity (Wildman–Crippen MR) is 120 cm³/mol. The van der Waals surface area contributed by atoms with E-state index in [1.807, 2.05) is 43.3 Å². The van der Waals surface area contributed by atoms with Crippen LogP contribution in [0.25, 0.3) is 0 Å². The van der Waals surface area contributed by atoms with Crippen molar-refractivity contribution in [3.63, 3.8) is 0 Å². The number of nitro groups is 1. The van der Waals surface area contributed by atoms with Crippen molar-refractivity contribution in [3.8, 4) is 0 Å². The maximum atomic E-state index is 11.4. The molecule has 0 unspecified atom stereocenters. The lowest BCUT2D eigenvalue weighted by molar-refractivity contribution is -0.900. The molecule has 1 aliphatic rings. The molecule has 1 aliphatic heterocycles. The summed E-state index contributed by atoms with van der Waals surface area (Å²) in [5.74, 6) is 0. The third kappa shape index (κ3) is 5.46. The minimum atomic E-state index is -0.406. The first kappa shape index (κ1) is 21.5. The molecular formula is C21H29N6O3+. The number of benzene rings is 2. The van der Waals surface area contributed by atoms with Crippen LogP contribution in [0, 0.1) is 10.1 Å². The Labute approximate surface area is 176 Å². The third-order valence-electron chi connectivity index (χ3n) is 5.29. The number of aliphatic hydroxyl groups is 1. The molecule has 3 rings (SSSR count). The molecule has 9 heteroatoms. The van der Waals surface area contributed by atoms with Crippen LogP contribution in [-0.4, -0.2) is 69.7 Å². The molecule has 160 valence electrons. The van der Waals surface area contributed by atoms with Crippen molar-refractivity contribution in [2.75, 3.05) is 68.7 Å². The summed E-state index contributed by atoms with van der Waals surface area (Å²) in [6.45, 7) is 4.49. The number of anilines is 3. The van der Waals surface area contributed by atoms with Gasteiger partial charge in [-0.1, -0.05) is 12.1 Å². The van der Waals surface area contributed by atoms with Gasteiger partial charge in [0.25, 0.3) is 5.69 Å². The van der Waals surface area contributed by atoms with Crippen LogP contribution in [0.15, 0.2) is 47.6 Å². The highest BCUT2D eigenvalue weighted by Crippen LogP contribution is 2.29. The lowest BCUT2D eigenvalue weighted by atomic mass is 10.2. The van der Waals surface area contributed by atoms with Gasteiger partial charge in [0.2, 0.25) is 0 Å². The van der Waals surface area contributed by atoms with E-state index in [0.29, 0.717) is 5.69 Å². The fraction of sp³-hybridized carbons (Fsp3) is 0.381. The smallest absolute Gasteiger partial charge is 0.294 e. The Hall–Kier alpha value is -3.17. The number of rotatable bonds is 8. The summed E-state index contributed by atoms with van der Waals surface area (Å²) in [6.07, 6.45) is 1.65. The van der Waals surface area contributed by atoms with Crippen molar-refractivity contribution in [2.45, 2.75) is 0 Å². The summed E-state index contributed by atoms with van der Waals surface area (Å²) >= 11 is 0. The molecule has 1 heterocycles. The van der Waals surface area contributed by atoms with Gasteiger partial charge in [-0.05, 0) is 29.8 Å². The number of nitrogens with one attached hydrogen (secondary N) is 2. The van der Waals surface area contributed by atoms with Crippen LogP contribution in [0.4, 0.5) is 22.7 Å². The molecule has 0 spiro atoms. The van der Waals surface area contributed by atoms with Gasteiger partial charge in [-0.15, -0.1) is 0 Å². The highest BCUT2D eigenvalue weighted by atomic mass is 16.6. The molecule has 0 saturated carbocycles. The minimum absolute atomic E-state index is 0.0107. The van der Waals surface area contributed by atoms with Crippen LogP contribution in [0.1, 0.15) is 5.56 Å². The quantitative estimate of drug-likeness (QED) is 0.337. The van der Waals surface area contributed by atoms with E-state index >= 15 is 0 Å². The second-order valence-corrected chi connectivity index (χ2v) is 7.53. The number of hydrogen-bond acceptors (Lipinski definition) is 7. The topological polar surface area (TPSA) is 98.7 Å². The molecule has 0 atom stereocenters. The maximum absolute atomic E-state index is 11.4. The Morgan fingerprint density at radius 2 is 1.93 bits per heavy atom. The van der Waals surface area contributed by atoms with E-state index in [4.69, 9.17) is 5.11 Å². The van der Waals surface area contributed by atoms with Gasteiger partial charge >= 0.3 is 0 Å². The van der Waals surface area contributed by atoms with E-state index in [0.717, 1.165) is 49.7 Å². The average molecular weight is 414 g/mol. The highest BCUT2D eigenvalue weighted by molar-refractivity contribution is 5.81. The lowest BCUT2D eigenvalue weighted by Crippen LogP contribution is -3.15. The Balaban J connectivity index is 1.71. The monoisotopic (exact) mass is 413 g/mol. The lowest BCUT2D eigenvalue weighted by Gasteiger charge is -2.33. The number of hydrogen-bond donors (Lipinski definition) is 3. The van der Waals surface area contributed by atoms with Crippen molar-refractivity contribution in [1.29, 1.82) is 0 Å². The second kappa shape index (κ2) is 10.0. The van der Waals surface area contributed by atoms with Crippen molar-refractivity contribution in [2.24, 2.45) is 5.10 Å². The van der Waals surface area contributed by atoms with Crippen LogP contribution < -0.4 is 20.1 Å². The fourth-order valence-corrected chi connectivity index (χ4v) is 3.49. The Morgan fingerprint density at radius 3 is 2.53 bits per heavy atom. The molecule has 2 aromatic carbocycles. The van der Waals surface area contributed by atoms with Gasteiger partial charge in [0.15, 0.2) is 0 Å². The summed E-state index contributed by atoms with van der Waals surface area (Å²) in [7, 11) is 3.95. The zero-order valence-corrected chi connectivity index (χ0v) is 17.4. The van der Waals surface area contributed by atoms with Crippen molar-refractivity contribution in [1.82, 2.24) is 0 Å². The molecular weight excluding hydrogens is 384 g/mol. The first-order chi connectivity index (χ1) is 14.5. The van der Waals surface area contributed by atoms with Crippen LogP contribution in [-0.2, 0) is 0 Å². The molecule has 0 bridgehead atoms. The molecule has 0 radical (unpaired) electrons. The minimum Gasteiger partial charge on any atom is -0.391 e. The van der Waals surface area contributed by atoms with Gasteiger partial charge in [-0.3, -0.25) is 15.5 Å².